The van der Waals surface area contributed by atoms with Crippen LogP contribution in [0.1, 0.15) is 11.1 Å². The molecule has 0 saturated carbocycles. The van der Waals surface area contributed by atoms with Gasteiger partial charge in [-0.25, -0.2) is 0 Å². The molecular weight excluding hydrogens is 504 g/mol. The molecule has 4 N–H and O–H groups in total. The third-order valence-corrected chi connectivity index (χ3v) is 6.44. The molecule has 40 heavy (non-hydrogen) atoms. The van der Waals surface area contributed by atoms with Crippen LogP contribution in [-0.4, -0.2) is 55.3 Å². The van der Waals surface area contributed by atoms with Gasteiger partial charge in [0.05, 0.1) is 0 Å². The molecule has 4 aromatic rings. The second kappa shape index (κ2) is 13.6. The van der Waals surface area contributed by atoms with E-state index < -0.39 is 12.2 Å². The zero-order chi connectivity index (χ0) is 27.6. The number of benzene rings is 4. The quantitative estimate of drug-likeness (QED) is 0.183. The highest BCUT2D eigenvalue weighted by Gasteiger charge is 2.15. The minimum atomic E-state index is -0.648. The van der Waals surface area contributed by atoms with Crippen LogP contribution in [0.25, 0.3) is 11.6 Å². The molecule has 2 atom stereocenters. The number of anilines is 2. The lowest BCUT2D eigenvalue weighted by molar-refractivity contribution is 0.117. The van der Waals surface area contributed by atoms with Crippen molar-refractivity contribution in [3.05, 3.63) is 114 Å². The zero-order valence-electron chi connectivity index (χ0n) is 22.2. The van der Waals surface area contributed by atoms with Crippen LogP contribution < -0.4 is 24.8 Å². The minimum Gasteiger partial charge on any atom is -0.491 e. The van der Waals surface area contributed by atoms with E-state index in [0.29, 0.717) is 31.2 Å². The van der Waals surface area contributed by atoms with Gasteiger partial charge < -0.3 is 35.1 Å². The van der Waals surface area contributed by atoms with E-state index in [0.717, 1.165) is 33.8 Å². The summed E-state index contributed by atoms with van der Waals surface area (Å²) in [4.78, 5) is 0. The minimum absolute atomic E-state index is 0.175. The van der Waals surface area contributed by atoms with E-state index in [1.165, 1.54) is 0 Å². The first-order valence-electron chi connectivity index (χ1n) is 13.4. The third-order valence-electron chi connectivity index (χ3n) is 6.44. The Balaban J connectivity index is 1.09. The van der Waals surface area contributed by atoms with Gasteiger partial charge in [0.1, 0.15) is 49.3 Å². The average Bonchev–Trinajstić information content (AvgIpc) is 3.01. The van der Waals surface area contributed by atoms with Gasteiger partial charge in [0.15, 0.2) is 0 Å². The summed E-state index contributed by atoms with van der Waals surface area (Å²) in [6.07, 6.45) is 0.828. The summed E-state index contributed by atoms with van der Waals surface area (Å²) in [5, 5.41) is 26.9. The maximum absolute atomic E-state index is 10.3. The Labute approximate surface area is 234 Å². The van der Waals surface area contributed by atoms with Crippen molar-refractivity contribution in [1.82, 2.24) is 0 Å². The number of hydrogen-bond acceptors (Lipinski definition) is 7. The lowest BCUT2D eigenvalue weighted by atomic mass is 10.0. The molecule has 5 rings (SSSR count). The summed E-state index contributed by atoms with van der Waals surface area (Å²) in [6.45, 7) is 1.61. The fourth-order valence-corrected chi connectivity index (χ4v) is 4.25. The molecule has 1 aliphatic heterocycles. The number of rotatable bonds is 13. The van der Waals surface area contributed by atoms with Crippen molar-refractivity contribution >= 4 is 23.0 Å². The lowest BCUT2D eigenvalue weighted by Crippen LogP contribution is -2.26. The predicted molar refractivity (Wildman–Crippen MR) is 159 cm³/mol. The van der Waals surface area contributed by atoms with Gasteiger partial charge in [-0.3, -0.25) is 0 Å². The number of hydrogen-bond donors (Lipinski definition) is 4. The van der Waals surface area contributed by atoms with Crippen LogP contribution in [0.5, 0.6) is 17.2 Å². The van der Waals surface area contributed by atoms with Crippen molar-refractivity contribution in [3.63, 3.8) is 0 Å². The van der Waals surface area contributed by atoms with Crippen LogP contribution in [0, 0.1) is 0 Å². The second-order valence-electron chi connectivity index (χ2n) is 9.61. The van der Waals surface area contributed by atoms with Gasteiger partial charge in [-0.15, -0.1) is 0 Å². The molecule has 4 aromatic carbocycles. The summed E-state index contributed by atoms with van der Waals surface area (Å²) in [5.41, 5.74) is 4.99. The van der Waals surface area contributed by atoms with Gasteiger partial charge in [0, 0.05) is 36.1 Å². The average molecular weight is 539 g/mol. The number of aliphatic hydroxyl groups is 2. The maximum atomic E-state index is 10.3. The molecule has 2 unspecified atom stereocenters. The molecule has 1 heterocycles. The van der Waals surface area contributed by atoms with Gasteiger partial charge in [0.25, 0.3) is 0 Å². The van der Waals surface area contributed by atoms with Crippen molar-refractivity contribution < 1.29 is 24.4 Å². The first-order valence-corrected chi connectivity index (χ1v) is 13.4. The monoisotopic (exact) mass is 538 g/mol. The largest absolute Gasteiger partial charge is 0.491 e. The number of fused-ring (bicyclic) bond motifs is 1. The van der Waals surface area contributed by atoms with Crippen molar-refractivity contribution in [2.75, 3.05) is 43.5 Å². The molecule has 7 nitrogen and oxygen atoms in total. The Morgan fingerprint density at radius 3 is 1.82 bits per heavy atom. The molecule has 0 spiro atoms. The molecule has 0 aromatic heterocycles. The Hall–Kier alpha value is -4.46. The second-order valence-corrected chi connectivity index (χ2v) is 9.61. The number of ether oxygens (including phenoxy) is 3. The van der Waals surface area contributed by atoms with E-state index in [9.17, 15) is 10.2 Å². The third kappa shape index (κ3) is 7.79. The molecule has 0 bridgehead atoms. The molecule has 0 saturated heterocycles. The zero-order valence-corrected chi connectivity index (χ0v) is 22.2. The molecule has 0 amide bonds. The highest BCUT2D eigenvalue weighted by Crippen LogP contribution is 2.34. The van der Waals surface area contributed by atoms with Crippen LogP contribution in [-0.2, 0) is 0 Å². The Bertz CT molecular complexity index is 1380. The van der Waals surface area contributed by atoms with Crippen LogP contribution in [0.2, 0.25) is 0 Å². The molecule has 0 radical (unpaired) electrons. The Morgan fingerprint density at radius 2 is 1.23 bits per heavy atom. The van der Waals surface area contributed by atoms with E-state index in [1.807, 2.05) is 103 Å². The standard InChI is InChI=1S/C33H34N2O5/c36-29(19-34-27-7-3-1-4-8-27)22-38-31-14-11-24(12-15-31)26-17-25-13-16-32(18-33(25)40-21-26)39-23-30(37)20-35-28-9-5-2-6-10-28/h1-18,29-30,34-37H,19-23H2. The van der Waals surface area contributed by atoms with E-state index in [2.05, 4.69) is 16.7 Å². The van der Waals surface area contributed by atoms with E-state index in [1.54, 1.807) is 0 Å². The number of para-hydroxylation sites is 2. The molecule has 7 heteroatoms. The predicted octanol–water partition coefficient (Wildman–Crippen LogP) is 5.32. The van der Waals surface area contributed by atoms with Crippen LogP contribution in [0.3, 0.4) is 0 Å². The van der Waals surface area contributed by atoms with Crippen molar-refractivity contribution in [1.29, 1.82) is 0 Å². The number of nitrogens with one attached hydrogen (secondary N) is 2. The smallest absolute Gasteiger partial charge is 0.130 e. The normalized spacial score (nSPS) is 13.7. The van der Waals surface area contributed by atoms with Gasteiger partial charge >= 0.3 is 0 Å². The fraction of sp³-hybridized carbons (Fsp3) is 0.212. The topological polar surface area (TPSA) is 92.2 Å². The molecular formula is C33H34N2O5. The summed E-state index contributed by atoms with van der Waals surface area (Å²) in [6, 6.07) is 33.0. The summed E-state index contributed by atoms with van der Waals surface area (Å²) in [7, 11) is 0. The van der Waals surface area contributed by atoms with E-state index in [-0.39, 0.29) is 13.2 Å². The highest BCUT2D eigenvalue weighted by molar-refractivity contribution is 5.85. The molecule has 1 aliphatic rings. The lowest BCUT2D eigenvalue weighted by Gasteiger charge is -2.20. The summed E-state index contributed by atoms with van der Waals surface area (Å²) >= 11 is 0. The fourth-order valence-electron chi connectivity index (χ4n) is 4.25. The van der Waals surface area contributed by atoms with Crippen LogP contribution >= 0.6 is 0 Å². The van der Waals surface area contributed by atoms with Crippen LogP contribution in [0.4, 0.5) is 11.4 Å². The van der Waals surface area contributed by atoms with Crippen molar-refractivity contribution in [3.8, 4) is 17.2 Å². The summed E-state index contributed by atoms with van der Waals surface area (Å²) < 4.78 is 17.6. The van der Waals surface area contributed by atoms with Crippen LogP contribution in [0.15, 0.2) is 103 Å². The highest BCUT2D eigenvalue weighted by atomic mass is 16.5. The Kier molecular flexibility index (Phi) is 9.19. The maximum Gasteiger partial charge on any atom is 0.130 e. The molecule has 206 valence electrons. The van der Waals surface area contributed by atoms with Gasteiger partial charge in [-0.1, -0.05) is 48.5 Å². The van der Waals surface area contributed by atoms with E-state index in [4.69, 9.17) is 14.2 Å². The van der Waals surface area contributed by atoms with Gasteiger partial charge in [0.2, 0.25) is 0 Å². The van der Waals surface area contributed by atoms with Crippen molar-refractivity contribution in [2.24, 2.45) is 0 Å². The van der Waals surface area contributed by atoms with Crippen molar-refractivity contribution in [2.45, 2.75) is 12.2 Å². The van der Waals surface area contributed by atoms with Gasteiger partial charge in [-0.2, -0.15) is 0 Å². The van der Waals surface area contributed by atoms with Gasteiger partial charge in [-0.05, 0) is 65.7 Å². The van der Waals surface area contributed by atoms with E-state index >= 15 is 0 Å². The SMILES string of the molecule is OC(CNc1ccccc1)COc1ccc(C2=Cc3ccc(OCC(O)CNc4ccccc4)cc3OC2)cc1. The molecule has 0 aliphatic carbocycles. The number of aliphatic hydroxyl groups excluding tert-OH is 2. The molecule has 0 fully saturated rings. The summed E-state index contributed by atoms with van der Waals surface area (Å²) in [5.74, 6) is 2.09. The first kappa shape index (κ1) is 27.1. The Morgan fingerprint density at radius 1 is 0.675 bits per heavy atom. The first-order chi connectivity index (χ1) is 19.6.